The molecule has 1 N–H and O–H groups in total. The van der Waals surface area contributed by atoms with Crippen molar-refractivity contribution in [1.82, 2.24) is 5.32 Å². The van der Waals surface area contributed by atoms with Gasteiger partial charge >= 0.3 is 0 Å². The van der Waals surface area contributed by atoms with Crippen LogP contribution in [0.25, 0.3) is 0 Å². The number of carbonyl (C=O) groups is 1. The van der Waals surface area contributed by atoms with E-state index in [1.165, 1.54) is 12.0 Å². The lowest BCUT2D eigenvalue weighted by Gasteiger charge is -2.02. The third-order valence-electron chi connectivity index (χ3n) is 2.59. The maximum absolute atomic E-state index is 11.2. The molecule has 0 spiro atoms. The Bertz CT molecular complexity index is 295. The monoisotopic (exact) mass is 219 g/mol. The zero-order valence-corrected chi connectivity index (χ0v) is 10.0. The lowest BCUT2D eigenvalue weighted by atomic mass is 10.1. The van der Waals surface area contributed by atoms with Crippen LogP contribution in [0.4, 0.5) is 0 Å². The highest BCUT2D eigenvalue weighted by Crippen LogP contribution is 2.07. The SMILES string of the molecule is CCNC(=O)CCCCCc1ccccc1. The molecule has 0 aliphatic carbocycles. The number of hydrogen-bond donors (Lipinski definition) is 1. The molecule has 2 nitrogen and oxygen atoms in total. The minimum atomic E-state index is 0.183. The molecule has 1 rings (SSSR count). The van der Waals surface area contributed by atoms with E-state index < -0.39 is 0 Å². The second kappa shape index (κ2) is 7.91. The molecule has 0 heterocycles. The molecule has 16 heavy (non-hydrogen) atoms. The maximum Gasteiger partial charge on any atom is 0.219 e. The van der Waals surface area contributed by atoms with Crippen LogP contribution in [0, 0.1) is 0 Å². The van der Waals surface area contributed by atoms with Gasteiger partial charge in [0.05, 0.1) is 0 Å². The van der Waals surface area contributed by atoms with Gasteiger partial charge in [0.2, 0.25) is 5.91 Å². The van der Waals surface area contributed by atoms with Crippen LogP contribution in [0.3, 0.4) is 0 Å². The fourth-order valence-electron chi connectivity index (χ4n) is 1.72. The molecule has 1 aromatic carbocycles. The van der Waals surface area contributed by atoms with Crippen molar-refractivity contribution < 1.29 is 4.79 Å². The summed E-state index contributed by atoms with van der Waals surface area (Å²) in [5.74, 6) is 0.183. The van der Waals surface area contributed by atoms with E-state index in [0.29, 0.717) is 6.42 Å². The topological polar surface area (TPSA) is 29.1 Å². The predicted molar refractivity (Wildman–Crippen MR) is 67.3 cm³/mol. The fraction of sp³-hybridized carbons (Fsp3) is 0.500. The highest BCUT2D eigenvalue weighted by atomic mass is 16.1. The van der Waals surface area contributed by atoms with E-state index in [0.717, 1.165) is 25.8 Å². The molecule has 0 radical (unpaired) electrons. The summed E-state index contributed by atoms with van der Waals surface area (Å²) in [7, 11) is 0. The van der Waals surface area contributed by atoms with Crippen molar-refractivity contribution in [2.75, 3.05) is 6.54 Å². The first-order valence-electron chi connectivity index (χ1n) is 6.13. The molecule has 0 saturated heterocycles. The Morgan fingerprint density at radius 2 is 1.88 bits per heavy atom. The highest BCUT2D eigenvalue weighted by molar-refractivity contribution is 5.75. The Kier molecular flexibility index (Phi) is 6.31. The third kappa shape index (κ3) is 5.54. The molecule has 1 amide bonds. The average molecular weight is 219 g/mol. The molecule has 0 unspecified atom stereocenters. The van der Waals surface area contributed by atoms with Gasteiger partial charge in [-0.3, -0.25) is 4.79 Å². The van der Waals surface area contributed by atoms with Gasteiger partial charge in [0.1, 0.15) is 0 Å². The van der Waals surface area contributed by atoms with Gasteiger partial charge in [0.15, 0.2) is 0 Å². The van der Waals surface area contributed by atoms with E-state index in [-0.39, 0.29) is 5.91 Å². The van der Waals surface area contributed by atoms with Crippen molar-refractivity contribution in [3.05, 3.63) is 35.9 Å². The first kappa shape index (κ1) is 12.8. The summed E-state index contributed by atoms with van der Waals surface area (Å²) in [6.45, 7) is 2.69. The third-order valence-corrected chi connectivity index (χ3v) is 2.59. The number of carbonyl (C=O) groups excluding carboxylic acids is 1. The minimum Gasteiger partial charge on any atom is -0.356 e. The fourth-order valence-corrected chi connectivity index (χ4v) is 1.72. The van der Waals surface area contributed by atoms with Gasteiger partial charge in [-0.05, 0) is 31.7 Å². The smallest absolute Gasteiger partial charge is 0.219 e. The lowest BCUT2D eigenvalue weighted by molar-refractivity contribution is -0.121. The van der Waals surface area contributed by atoms with Crippen LogP contribution < -0.4 is 5.32 Å². The number of rotatable bonds is 7. The molecule has 1 aromatic rings. The molecule has 0 aromatic heterocycles. The van der Waals surface area contributed by atoms with E-state index in [1.807, 2.05) is 13.0 Å². The Hall–Kier alpha value is -1.31. The quantitative estimate of drug-likeness (QED) is 0.702. The van der Waals surface area contributed by atoms with Crippen LogP contribution in [0.15, 0.2) is 30.3 Å². The molecular formula is C14H21NO. The molecule has 0 bridgehead atoms. The molecule has 0 aliphatic heterocycles. The lowest BCUT2D eigenvalue weighted by Crippen LogP contribution is -2.21. The molecule has 2 heteroatoms. The van der Waals surface area contributed by atoms with Crippen LogP contribution in [-0.4, -0.2) is 12.5 Å². The number of hydrogen-bond acceptors (Lipinski definition) is 1. The summed E-state index contributed by atoms with van der Waals surface area (Å²) in [5, 5.41) is 2.82. The van der Waals surface area contributed by atoms with E-state index in [1.54, 1.807) is 0 Å². The van der Waals surface area contributed by atoms with Gasteiger partial charge in [0, 0.05) is 13.0 Å². The first-order chi connectivity index (χ1) is 7.83. The average Bonchev–Trinajstić information content (AvgIpc) is 2.30. The van der Waals surface area contributed by atoms with Gasteiger partial charge in [-0.1, -0.05) is 36.8 Å². The van der Waals surface area contributed by atoms with Crippen molar-refractivity contribution in [3.8, 4) is 0 Å². The van der Waals surface area contributed by atoms with Crippen molar-refractivity contribution in [2.45, 2.75) is 39.0 Å². The maximum atomic E-state index is 11.2. The summed E-state index contributed by atoms with van der Waals surface area (Å²) in [4.78, 5) is 11.2. The normalized spacial score (nSPS) is 10.1. The summed E-state index contributed by atoms with van der Waals surface area (Å²) in [5.41, 5.74) is 1.39. The Morgan fingerprint density at radius 3 is 2.56 bits per heavy atom. The first-order valence-corrected chi connectivity index (χ1v) is 6.13. The molecule has 0 saturated carbocycles. The van der Waals surface area contributed by atoms with Crippen molar-refractivity contribution in [3.63, 3.8) is 0 Å². The van der Waals surface area contributed by atoms with Crippen LogP contribution >= 0.6 is 0 Å². The summed E-state index contributed by atoms with van der Waals surface area (Å²) in [6, 6.07) is 10.5. The zero-order valence-electron chi connectivity index (χ0n) is 10.0. The number of unbranched alkanes of at least 4 members (excludes halogenated alkanes) is 2. The predicted octanol–water partition coefficient (Wildman–Crippen LogP) is 2.93. The van der Waals surface area contributed by atoms with Gasteiger partial charge < -0.3 is 5.32 Å². The van der Waals surface area contributed by atoms with E-state index >= 15 is 0 Å². The number of benzene rings is 1. The van der Waals surface area contributed by atoms with Crippen molar-refractivity contribution in [2.24, 2.45) is 0 Å². The number of nitrogens with one attached hydrogen (secondary N) is 1. The Morgan fingerprint density at radius 1 is 1.12 bits per heavy atom. The van der Waals surface area contributed by atoms with Crippen LogP contribution in [0.5, 0.6) is 0 Å². The number of amides is 1. The number of aryl methyl sites for hydroxylation is 1. The van der Waals surface area contributed by atoms with E-state index in [4.69, 9.17) is 0 Å². The highest BCUT2D eigenvalue weighted by Gasteiger charge is 1.98. The minimum absolute atomic E-state index is 0.183. The second-order valence-electron chi connectivity index (χ2n) is 4.00. The van der Waals surface area contributed by atoms with Crippen LogP contribution in [0.1, 0.15) is 38.2 Å². The standard InChI is InChI=1S/C14H21NO/c1-2-15-14(16)12-8-4-7-11-13-9-5-3-6-10-13/h3,5-6,9-10H,2,4,7-8,11-12H2,1H3,(H,15,16). The molecule has 0 fully saturated rings. The zero-order chi connectivity index (χ0) is 11.6. The summed E-state index contributed by atoms with van der Waals surface area (Å²) >= 11 is 0. The van der Waals surface area contributed by atoms with E-state index in [9.17, 15) is 4.79 Å². The second-order valence-corrected chi connectivity index (χ2v) is 4.00. The largest absolute Gasteiger partial charge is 0.356 e. The molecule has 0 atom stereocenters. The van der Waals surface area contributed by atoms with Crippen molar-refractivity contribution in [1.29, 1.82) is 0 Å². The van der Waals surface area contributed by atoms with Gasteiger partial charge in [0.25, 0.3) is 0 Å². The van der Waals surface area contributed by atoms with E-state index in [2.05, 4.69) is 29.6 Å². The molecule has 88 valence electrons. The molecular weight excluding hydrogens is 198 g/mol. The van der Waals surface area contributed by atoms with Gasteiger partial charge in [-0.25, -0.2) is 0 Å². The Labute approximate surface area is 98.1 Å². The summed E-state index contributed by atoms with van der Waals surface area (Å²) < 4.78 is 0. The molecule has 0 aliphatic rings. The van der Waals surface area contributed by atoms with Crippen LogP contribution in [0.2, 0.25) is 0 Å². The van der Waals surface area contributed by atoms with Gasteiger partial charge in [-0.15, -0.1) is 0 Å². The van der Waals surface area contributed by atoms with Gasteiger partial charge in [-0.2, -0.15) is 0 Å². The van der Waals surface area contributed by atoms with Crippen LogP contribution in [-0.2, 0) is 11.2 Å². The van der Waals surface area contributed by atoms with Crippen molar-refractivity contribution >= 4 is 5.91 Å². The Balaban J connectivity index is 2.02. The summed E-state index contributed by atoms with van der Waals surface area (Å²) in [6.07, 6.45) is 5.09.